The van der Waals surface area contributed by atoms with Crippen LogP contribution >= 0.6 is 11.6 Å². The number of benzene rings is 2. The SMILES string of the molecule is COc1cc2ncnc(Nc3cccc(Cl)c3F)c2cc1CNC1(C(=O)O)CC=CC1. The standard InChI is InChI=1S/C22H20ClFN4O3/c1-31-18-10-17-14(9-13(18)11-27-22(21(29)30)7-2-3-8-22)20(26-12-25-17)28-16-6-4-5-15(23)19(16)24/h2-6,9-10,12,27H,7-8,11H2,1H3,(H,29,30)(H,25,26,28). The van der Waals surface area contributed by atoms with E-state index in [1.54, 1.807) is 18.2 Å². The van der Waals surface area contributed by atoms with Gasteiger partial charge in [-0.15, -0.1) is 0 Å². The van der Waals surface area contributed by atoms with Crippen LogP contribution in [0, 0.1) is 5.82 Å². The van der Waals surface area contributed by atoms with Crippen molar-refractivity contribution in [3.63, 3.8) is 0 Å². The van der Waals surface area contributed by atoms with E-state index >= 15 is 0 Å². The number of halogens is 2. The van der Waals surface area contributed by atoms with Gasteiger partial charge < -0.3 is 15.2 Å². The van der Waals surface area contributed by atoms with Crippen molar-refractivity contribution in [3.05, 3.63) is 65.2 Å². The molecular formula is C22H20ClFN4O3. The maximum atomic E-state index is 14.4. The highest BCUT2D eigenvalue weighted by Crippen LogP contribution is 2.32. The summed E-state index contributed by atoms with van der Waals surface area (Å²) in [5, 5.41) is 16.4. The number of aromatic nitrogens is 2. The lowest BCUT2D eigenvalue weighted by atomic mass is 9.96. The molecule has 0 atom stereocenters. The van der Waals surface area contributed by atoms with Gasteiger partial charge in [-0.1, -0.05) is 29.8 Å². The molecule has 0 fully saturated rings. The summed E-state index contributed by atoms with van der Waals surface area (Å²) in [5.41, 5.74) is 0.464. The summed E-state index contributed by atoms with van der Waals surface area (Å²) in [6.45, 7) is 0.257. The first kappa shape index (κ1) is 21.0. The summed E-state index contributed by atoms with van der Waals surface area (Å²) in [6.07, 6.45) is 5.89. The third-order valence-electron chi connectivity index (χ3n) is 5.37. The lowest BCUT2D eigenvalue weighted by molar-refractivity contribution is -0.144. The Labute approximate surface area is 182 Å². The fourth-order valence-corrected chi connectivity index (χ4v) is 3.77. The van der Waals surface area contributed by atoms with Crippen molar-refractivity contribution < 1.29 is 19.0 Å². The first-order valence-electron chi connectivity index (χ1n) is 9.59. The van der Waals surface area contributed by atoms with Crippen LogP contribution in [0.2, 0.25) is 5.02 Å². The molecule has 0 radical (unpaired) electrons. The first-order chi connectivity index (χ1) is 14.9. The molecule has 160 valence electrons. The Kier molecular flexibility index (Phi) is 5.75. The molecule has 0 bridgehead atoms. The van der Waals surface area contributed by atoms with E-state index in [1.165, 1.54) is 19.5 Å². The average molecular weight is 443 g/mol. The Hall–Kier alpha value is -3.23. The highest BCUT2D eigenvalue weighted by atomic mass is 35.5. The van der Waals surface area contributed by atoms with Gasteiger partial charge in [0.05, 0.1) is 23.3 Å². The van der Waals surface area contributed by atoms with Gasteiger partial charge in [0, 0.05) is 23.6 Å². The van der Waals surface area contributed by atoms with E-state index in [4.69, 9.17) is 16.3 Å². The van der Waals surface area contributed by atoms with Gasteiger partial charge in [-0.25, -0.2) is 14.4 Å². The Balaban J connectivity index is 1.70. The highest BCUT2D eigenvalue weighted by molar-refractivity contribution is 6.31. The zero-order valence-corrected chi connectivity index (χ0v) is 17.4. The van der Waals surface area contributed by atoms with Crippen molar-refractivity contribution >= 4 is 40.0 Å². The molecule has 0 saturated carbocycles. The van der Waals surface area contributed by atoms with Gasteiger partial charge in [0.2, 0.25) is 0 Å². The molecule has 7 nitrogen and oxygen atoms in total. The largest absolute Gasteiger partial charge is 0.496 e. The van der Waals surface area contributed by atoms with Crippen LogP contribution in [0.5, 0.6) is 5.75 Å². The molecule has 1 aliphatic carbocycles. The molecule has 1 aliphatic rings. The van der Waals surface area contributed by atoms with Crippen molar-refractivity contribution in [2.45, 2.75) is 24.9 Å². The fourth-order valence-electron chi connectivity index (χ4n) is 3.60. The number of nitrogens with zero attached hydrogens (tertiary/aromatic N) is 2. The number of fused-ring (bicyclic) bond motifs is 1. The predicted octanol–water partition coefficient (Wildman–Crippen LogP) is 4.44. The van der Waals surface area contributed by atoms with Crippen LogP contribution in [0.3, 0.4) is 0 Å². The smallest absolute Gasteiger partial charge is 0.324 e. The first-order valence-corrected chi connectivity index (χ1v) is 9.97. The molecule has 3 N–H and O–H groups in total. The summed E-state index contributed by atoms with van der Waals surface area (Å²) in [7, 11) is 1.54. The number of rotatable bonds is 7. The van der Waals surface area contributed by atoms with E-state index in [9.17, 15) is 14.3 Å². The van der Waals surface area contributed by atoms with Crippen LogP contribution in [0.4, 0.5) is 15.9 Å². The van der Waals surface area contributed by atoms with E-state index in [1.807, 2.05) is 18.2 Å². The van der Waals surface area contributed by atoms with Crippen LogP contribution in [-0.4, -0.2) is 33.7 Å². The lowest BCUT2D eigenvalue weighted by Gasteiger charge is -2.26. The zero-order chi connectivity index (χ0) is 22.0. The molecule has 0 saturated heterocycles. The van der Waals surface area contributed by atoms with E-state index in [2.05, 4.69) is 20.6 Å². The third-order valence-corrected chi connectivity index (χ3v) is 5.66. The number of hydrogen-bond donors (Lipinski definition) is 3. The van der Waals surface area contributed by atoms with Crippen molar-refractivity contribution in [2.24, 2.45) is 0 Å². The minimum absolute atomic E-state index is 0.000869. The Morgan fingerprint density at radius 1 is 1.29 bits per heavy atom. The van der Waals surface area contributed by atoms with Crippen molar-refractivity contribution in [3.8, 4) is 5.75 Å². The summed E-state index contributed by atoms with van der Waals surface area (Å²) in [5.74, 6) is -0.529. The maximum absolute atomic E-state index is 14.4. The molecule has 2 aromatic carbocycles. The maximum Gasteiger partial charge on any atom is 0.324 e. The zero-order valence-electron chi connectivity index (χ0n) is 16.7. The normalized spacial score (nSPS) is 14.7. The molecule has 0 aliphatic heterocycles. The lowest BCUT2D eigenvalue weighted by Crippen LogP contribution is -2.49. The molecule has 31 heavy (non-hydrogen) atoms. The second kappa shape index (κ2) is 8.49. The number of carboxylic acid groups (broad SMARTS) is 1. The number of carboxylic acids is 1. The Morgan fingerprint density at radius 2 is 2.06 bits per heavy atom. The summed E-state index contributed by atoms with van der Waals surface area (Å²) in [4.78, 5) is 20.3. The van der Waals surface area contributed by atoms with Crippen LogP contribution in [0.15, 0.2) is 48.8 Å². The van der Waals surface area contributed by atoms with Gasteiger partial charge in [0.15, 0.2) is 5.82 Å². The van der Waals surface area contributed by atoms with Crippen LogP contribution in [0.25, 0.3) is 10.9 Å². The molecule has 9 heteroatoms. The molecule has 0 amide bonds. The van der Waals surface area contributed by atoms with Crippen LogP contribution < -0.4 is 15.4 Å². The molecule has 3 aromatic rings. The van der Waals surface area contributed by atoms with E-state index in [0.29, 0.717) is 35.3 Å². The molecule has 0 unspecified atom stereocenters. The monoisotopic (exact) mass is 442 g/mol. The second-order valence-corrected chi connectivity index (χ2v) is 7.66. The van der Waals surface area contributed by atoms with Gasteiger partial charge in [0.1, 0.15) is 23.4 Å². The van der Waals surface area contributed by atoms with E-state index in [0.717, 1.165) is 5.56 Å². The summed E-state index contributed by atoms with van der Waals surface area (Å²) >= 11 is 5.88. The fraction of sp³-hybridized carbons (Fsp3) is 0.227. The minimum atomic E-state index is -1.04. The quantitative estimate of drug-likeness (QED) is 0.465. The number of methoxy groups -OCH3 is 1. The van der Waals surface area contributed by atoms with Crippen LogP contribution in [0.1, 0.15) is 18.4 Å². The number of aliphatic carboxylic acids is 1. The summed E-state index contributed by atoms with van der Waals surface area (Å²) in [6, 6.07) is 8.21. The number of carbonyl (C=O) groups is 1. The number of anilines is 2. The van der Waals surface area contributed by atoms with Gasteiger partial charge in [-0.05, 0) is 31.0 Å². The van der Waals surface area contributed by atoms with Gasteiger partial charge in [-0.3, -0.25) is 10.1 Å². The van der Waals surface area contributed by atoms with Crippen LogP contribution in [-0.2, 0) is 11.3 Å². The highest BCUT2D eigenvalue weighted by Gasteiger charge is 2.38. The number of nitrogens with one attached hydrogen (secondary N) is 2. The Morgan fingerprint density at radius 3 is 2.77 bits per heavy atom. The molecular weight excluding hydrogens is 423 g/mol. The Bertz CT molecular complexity index is 1180. The van der Waals surface area contributed by atoms with Gasteiger partial charge >= 0.3 is 5.97 Å². The molecule has 4 rings (SSSR count). The van der Waals surface area contributed by atoms with E-state index in [-0.39, 0.29) is 17.3 Å². The van der Waals surface area contributed by atoms with Crippen molar-refractivity contribution in [1.82, 2.24) is 15.3 Å². The molecule has 1 aromatic heterocycles. The molecule has 0 spiro atoms. The van der Waals surface area contributed by atoms with E-state index < -0.39 is 17.3 Å². The predicted molar refractivity (Wildman–Crippen MR) is 116 cm³/mol. The van der Waals surface area contributed by atoms with Gasteiger partial charge in [0.25, 0.3) is 0 Å². The minimum Gasteiger partial charge on any atom is -0.496 e. The molecule has 1 heterocycles. The number of ether oxygens (including phenoxy) is 1. The van der Waals surface area contributed by atoms with Crippen molar-refractivity contribution in [2.75, 3.05) is 12.4 Å². The van der Waals surface area contributed by atoms with Gasteiger partial charge in [-0.2, -0.15) is 0 Å². The summed E-state index contributed by atoms with van der Waals surface area (Å²) < 4.78 is 19.9. The topological polar surface area (TPSA) is 96.4 Å². The average Bonchev–Trinajstić information content (AvgIpc) is 3.25. The third kappa shape index (κ3) is 4.04. The second-order valence-electron chi connectivity index (χ2n) is 7.25. The van der Waals surface area contributed by atoms with Crippen molar-refractivity contribution in [1.29, 1.82) is 0 Å². The number of hydrogen-bond acceptors (Lipinski definition) is 6.